The summed E-state index contributed by atoms with van der Waals surface area (Å²) in [4.78, 5) is 11.9. The monoisotopic (exact) mass is 406 g/mol. The molecule has 0 fully saturated rings. The van der Waals surface area contributed by atoms with E-state index in [0.717, 1.165) is 22.5 Å². The predicted molar refractivity (Wildman–Crippen MR) is 103 cm³/mol. The molecule has 0 N–H and O–H groups in total. The number of benzene rings is 2. The Hall–Kier alpha value is -2.15. The van der Waals surface area contributed by atoms with E-state index in [1.807, 2.05) is 36.4 Å². The molecule has 0 aliphatic heterocycles. The van der Waals surface area contributed by atoms with Gasteiger partial charge in [-0.25, -0.2) is 13.2 Å². The summed E-state index contributed by atoms with van der Waals surface area (Å²) < 4.78 is 31.0. The zero-order chi connectivity index (χ0) is 18.9. The van der Waals surface area contributed by atoms with Gasteiger partial charge in [0, 0.05) is 0 Å². The van der Waals surface area contributed by atoms with E-state index in [1.165, 1.54) is 13.2 Å². The van der Waals surface area contributed by atoms with Gasteiger partial charge in [0.25, 0.3) is 0 Å². The Morgan fingerprint density at radius 3 is 2.38 bits per heavy atom. The van der Waals surface area contributed by atoms with Crippen molar-refractivity contribution in [2.75, 3.05) is 7.11 Å². The van der Waals surface area contributed by atoms with Crippen molar-refractivity contribution in [3.05, 3.63) is 69.4 Å². The molecule has 26 heavy (non-hydrogen) atoms. The minimum atomic E-state index is -3.88. The van der Waals surface area contributed by atoms with Crippen LogP contribution < -0.4 is 0 Å². The molecule has 0 amide bonds. The van der Waals surface area contributed by atoms with Crippen molar-refractivity contribution in [3.8, 4) is 11.1 Å². The fourth-order valence-corrected chi connectivity index (χ4v) is 6.02. The summed E-state index contributed by atoms with van der Waals surface area (Å²) in [5, 5.41) is 0. The Morgan fingerprint density at radius 1 is 1.04 bits per heavy atom. The molecule has 0 bridgehead atoms. The molecule has 1 aromatic heterocycles. The van der Waals surface area contributed by atoms with E-state index in [-0.39, 0.29) is 19.0 Å². The highest BCUT2D eigenvalue weighted by Crippen LogP contribution is 2.37. The first-order chi connectivity index (χ1) is 12.4. The first-order valence-corrected chi connectivity index (χ1v) is 10.3. The van der Waals surface area contributed by atoms with E-state index in [4.69, 9.17) is 11.6 Å². The molecule has 0 spiro atoms. The maximum atomic E-state index is 13.2. The van der Waals surface area contributed by atoms with E-state index in [1.54, 1.807) is 19.1 Å². The number of halogens is 1. The summed E-state index contributed by atoms with van der Waals surface area (Å²) in [6.45, 7) is 1.76. The van der Waals surface area contributed by atoms with Gasteiger partial charge in [0.15, 0.2) is 0 Å². The lowest BCUT2D eigenvalue weighted by atomic mass is 10.0. The van der Waals surface area contributed by atoms with E-state index in [2.05, 4.69) is 4.74 Å². The third kappa shape index (κ3) is 3.28. The van der Waals surface area contributed by atoms with E-state index in [0.29, 0.717) is 5.56 Å². The fraction of sp³-hybridized carbons (Fsp3) is 0.105. The van der Waals surface area contributed by atoms with Crippen LogP contribution in [0.25, 0.3) is 11.1 Å². The lowest BCUT2D eigenvalue weighted by Crippen LogP contribution is -2.05. The first kappa shape index (κ1) is 18.6. The molecule has 2 aromatic carbocycles. The van der Waals surface area contributed by atoms with E-state index >= 15 is 0 Å². The highest BCUT2D eigenvalue weighted by molar-refractivity contribution is 7.91. The predicted octanol–water partition coefficient (Wildman–Crippen LogP) is 5.00. The number of carbonyl (C=O) groups is 1. The SMILES string of the molecule is COC(=O)c1cc(S(=O)(=O)c2cccc(-c3ccccc3)c2C)c(Cl)s1. The lowest BCUT2D eigenvalue weighted by Gasteiger charge is -2.12. The van der Waals surface area contributed by atoms with Crippen molar-refractivity contribution in [2.24, 2.45) is 0 Å². The second-order valence-corrected chi connectivity index (χ2v) is 9.08. The van der Waals surface area contributed by atoms with Crippen LogP contribution in [0.4, 0.5) is 0 Å². The molecular formula is C19H15ClO4S2. The Morgan fingerprint density at radius 2 is 1.73 bits per heavy atom. The van der Waals surface area contributed by atoms with E-state index < -0.39 is 15.8 Å². The molecule has 7 heteroatoms. The summed E-state index contributed by atoms with van der Waals surface area (Å²) in [7, 11) is -2.65. The average Bonchev–Trinajstić information content (AvgIpc) is 3.04. The van der Waals surface area contributed by atoms with Crippen LogP contribution in [0.2, 0.25) is 4.34 Å². The number of hydrogen-bond donors (Lipinski definition) is 0. The summed E-state index contributed by atoms with van der Waals surface area (Å²) >= 11 is 7.01. The molecule has 0 atom stereocenters. The Kier molecular flexibility index (Phi) is 5.18. The van der Waals surface area contributed by atoms with Gasteiger partial charge in [-0.05, 0) is 35.7 Å². The summed E-state index contributed by atoms with van der Waals surface area (Å²) in [6, 6.07) is 15.9. The van der Waals surface area contributed by atoms with Crippen LogP contribution in [-0.4, -0.2) is 21.5 Å². The normalized spacial score (nSPS) is 11.3. The number of carbonyl (C=O) groups excluding carboxylic acids is 1. The number of esters is 1. The minimum Gasteiger partial charge on any atom is -0.465 e. The van der Waals surface area contributed by atoms with Gasteiger partial charge in [0.05, 0.1) is 12.0 Å². The largest absolute Gasteiger partial charge is 0.465 e. The number of sulfone groups is 1. The number of ether oxygens (including phenoxy) is 1. The highest BCUT2D eigenvalue weighted by Gasteiger charge is 2.27. The molecular weight excluding hydrogens is 392 g/mol. The van der Waals surface area contributed by atoms with Gasteiger partial charge in [0.1, 0.15) is 14.1 Å². The highest BCUT2D eigenvalue weighted by atomic mass is 35.5. The second kappa shape index (κ2) is 7.23. The van der Waals surface area contributed by atoms with Crippen molar-refractivity contribution in [3.63, 3.8) is 0 Å². The maximum absolute atomic E-state index is 13.2. The topological polar surface area (TPSA) is 60.4 Å². The van der Waals surface area contributed by atoms with Gasteiger partial charge in [-0.1, -0.05) is 54.1 Å². The summed E-state index contributed by atoms with van der Waals surface area (Å²) in [5.41, 5.74) is 2.38. The number of methoxy groups -OCH3 is 1. The zero-order valence-electron chi connectivity index (χ0n) is 14.0. The maximum Gasteiger partial charge on any atom is 0.348 e. The van der Waals surface area contributed by atoms with Crippen molar-refractivity contribution in [1.82, 2.24) is 0 Å². The molecule has 134 valence electrons. The van der Waals surface area contributed by atoms with Crippen molar-refractivity contribution in [2.45, 2.75) is 16.7 Å². The molecule has 0 unspecified atom stereocenters. The Labute approximate surface area is 160 Å². The van der Waals surface area contributed by atoms with Gasteiger partial charge < -0.3 is 4.74 Å². The Balaban J connectivity index is 2.15. The average molecular weight is 407 g/mol. The third-order valence-corrected chi connectivity index (χ3v) is 7.49. The lowest BCUT2D eigenvalue weighted by molar-refractivity contribution is 0.0606. The van der Waals surface area contributed by atoms with Crippen LogP contribution in [0, 0.1) is 6.92 Å². The van der Waals surface area contributed by atoms with Gasteiger partial charge in [0.2, 0.25) is 9.84 Å². The molecule has 0 saturated carbocycles. The third-order valence-electron chi connectivity index (χ3n) is 3.99. The van der Waals surface area contributed by atoms with E-state index in [9.17, 15) is 13.2 Å². The molecule has 0 saturated heterocycles. The summed E-state index contributed by atoms with van der Waals surface area (Å²) in [5.74, 6) is -0.617. The molecule has 1 heterocycles. The van der Waals surface area contributed by atoms with Gasteiger partial charge in [-0.2, -0.15) is 0 Å². The molecule has 4 nitrogen and oxygen atoms in total. The van der Waals surface area contributed by atoms with Crippen LogP contribution in [0.3, 0.4) is 0 Å². The number of thiophene rings is 1. The van der Waals surface area contributed by atoms with Crippen LogP contribution in [0.5, 0.6) is 0 Å². The minimum absolute atomic E-state index is 0.0370. The van der Waals surface area contributed by atoms with Crippen molar-refractivity contribution >= 4 is 38.7 Å². The smallest absolute Gasteiger partial charge is 0.348 e. The van der Waals surface area contributed by atoms with Gasteiger partial charge in [-0.3, -0.25) is 0 Å². The molecule has 0 radical (unpaired) electrons. The standard InChI is InChI=1S/C19H15ClO4S2/c1-12-14(13-7-4-3-5-8-13)9-6-10-16(12)26(22,23)17-11-15(19(21)24-2)25-18(17)20/h3-11H,1-2H3. The van der Waals surface area contributed by atoms with Crippen LogP contribution >= 0.6 is 22.9 Å². The summed E-state index contributed by atoms with van der Waals surface area (Å²) in [6.07, 6.45) is 0. The molecule has 3 rings (SSSR count). The fourth-order valence-electron chi connectivity index (χ4n) is 2.69. The quantitative estimate of drug-likeness (QED) is 0.572. The molecule has 0 aliphatic carbocycles. The van der Waals surface area contributed by atoms with Crippen LogP contribution in [0.1, 0.15) is 15.2 Å². The second-order valence-electron chi connectivity index (χ2n) is 5.54. The van der Waals surface area contributed by atoms with Crippen LogP contribution in [-0.2, 0) is 14.6 Å². The zero-order valence-corrected chi connectivity index (χ0v) is 16.4. The number of hydrogen-bond acceptors (Lipinski definition) is 5. The van der Waals surface area contributed by atoms with Gasteiger partial charge in [-0.15, -0.1) is 11.3 Å². The first-order valence-electron chi connectivity index (χ1n) is 7.64. The van der Waals surface area contributed by atoms with Gasteiger partial charge >= 0.3 is 5.97 Å². The Bertz CT molecular complexity index is 1070. The number of rotatable bonds is 4. The van der Waals surface area contributed by atoms with Crippen molar-refractivity contribution in [1.29, 1.82) is 0 Å². The molecule has 0 aliphatic rings. The molecule has 3 aromatic rings. The van der Waals surface area contributed by atoms with Crippen molar-refractivity contribution < 1.29 is 17.9 Å². The van der Waals surface area contributed by atoms with Crippen LogP contribution in [0.15, 0.2) is 64.4 Å².